The highest BCUT2D eigenvalue weighted by Gasteiger charge is 2.19. The first-order valence-corrected chi connectivity index (χ1v) is 7.37. The molecule has 0 heterocycles. The van der Waals surface area contributed by atoms with E-state index >= 15 is 0 Å². The summed E-state index contributed by atoms with van der Waals surface area (Å²) in [6.07, 6.45) is -0.428. The van der Waals surface area contributed by atoms with Crippen LogP contribution in [0.3, 0.4) is 0 Å². The summed E-state index contributed by atoms with van der Waals surface area (Å²) in [5.41, 5.74) is 5.88. The molecule has 0 fully saturated rings. The fraction of sp³-hybridized carbons (Fsp3) is 0.500. The third kappa shape index (κ3) is 4.14. The lowest BCUT2D eigenvalue weighted by Gasteiger charge is -2.15. The van der Waals surface area contributed by atoms with Crippen molar-refractivity contribution < 1.29 is 22.3 Å². The first-order chi connectivity index (χ1) is 9.31. The van der Waals surface area contributed by atoms with Crippen molar-refractivity contribution in [3.05, 3.63) is 23.5 Å². The van der Waals surface area contributed by atoms with Crippen LogP contribution in [0.5, 0.6) is 0 Å². The number of ether oxygens (including phenoxy) is 2. The smallest absolute Gasteiger partial charge is 0.240 e. The number of halogens is 1. The molecule has 8 heteroatoms. The molecule has 1 atom stereocenters. The topological polar surface area (TPSA) is 90.7 Å². The molecule has 0 aromatic heterocycles. The fourth-order valence-electron chi connectivity index (χ4n) is 1.51. The van der Waals surface area contributed by atoms with Gasteiger partial charge in [-0.3, -0.25) is 0 Å². The van der Waals surface area contributed by atoms with E-state index in [9.17, 15) is 12.8 Å². The number of nitrogens with two attached hydrogens (primary N) is 1. The van der Waals surface area contributed by atoms with Crippen molar-refractivity contribution >= 4 is 15.7 Å². The second kappa shape index (κ2) is 6.98. The van der Waals surface area contributed by atoms with Crippen LogP contribution in [-0.4, -0.2) is 41.9 Å². The van der Waals surface area contributed by atoms with E-state index in [1.807, 2.05) is 0 Å². The molecule has 0 saturated heterocycles. The van der Waals surface area contributed by atoms with Crippen molar-refractivity contribution in [3.63, 3.8) is 0 Å². The van der Waals surface area contributed by atoms with Crippen molar-refractivity contribution in [3.8, 4) is 0 Å². The maximum Gasteiger partial charge on any atom is 0.240 e. The van der Waals surface area contributed by atoms with E-state index in [2.05, 4.69) is 4.72 Å². The fourth-order valence-corrected chi connectivity index (χ4v) is 2.62. The Kier molecular flexibility index (Phi) is 5.88. The van der Waals surface area contributed by atoms with Crippen molar-refractivity contribution in [2.24, 2.45) is 0 Å². The number of sulfonamides is 1. The quantitative estimate of drug-likeness (QED) is 0.722. The number of nitrogens with one attached hydrogen (secondary N) is 1. The van der Waals surface area contributed by atoms with Crippen LogP contribution in [0, 0.1) is 12.7 Å². The summed E-state index contributed by atoms with van der Waals surface area (Å²) < 4.78 is 49.9. The molecule has 6 nitrogen and oxygen atoms in total. The first kappa shape index (κ1) is 16.8. The number of benzene rings is 1. The normalized spacial score (nSPS) is 13.4. The van der Waals surface area contributed by atoms with Crippen LogP contribution in [0.4, 0.5) is 10.1 Å². The molecule has 1 unspecified atom stereocenters. The number of rotatable bonds is 7. The molecule has 3 N–H and O–H groups in total. The van der Waals surface area contributed by atoms with Crippen LogP contribution in [0.2, 0.25) is 0 Å². The van der Waals surface area contributed by atoms with E-state index in [1.165, 1.54) is 27.2 Å². The third-order valence-corrected chi connectivity index (χ3v) is 4.26. The minimum Gasteiger partial charge on any atom is -0.398 e. The maximum absolute atomic E-state index is 13.5. The minimum atomic E-state index is -3.85. The molecular weight excluding hydrogens is 287 g/mol. The largest absolute Gasteiger partial charge is 0.398 e. The molecule has 0 bridgehead atoms. The molecule has 20 heavy (non-hydrogen) atoms. The van der Waals surface area contributed by atoms with E-state index in [1.54, 1.807) is 0 Å². The highest BCUT2D eigenvalue weighted by Crippen LogP contribution is 2.20. The van der Waals surface area contributed by atoms with Crippen LogP contribution in [0.1, 0.15) is 5.56 Å². The lowest BCUT2D eigenvalue weighted by atomic mass is 10.2. The SMILES string of the molecule is COCC(CNS(=O)(=O)c1cc(N)c(C)c(F)c1)OC. The molecule has 0 radical (unpaired) electrons. The Morgan fingerprint density at radius 3 is 2.55 bits per heavy atom. The van der Waals surface area contributed by atoms with Gasteiger partial charge in [-0.05, 0) is 19.1 Å². The zero-order valence-corrected chi connectivity index (χ0v) is 12.5. The molecule has 1 aromatic carbocycles. The second-order valence-electron chi connectivity index (χ2n) is 4.28. The second-order valence-corrected chi connectivity index (χ2v) is 6.05. The Balaban J connectivity index is 2.89. The number of hydrogen-bond donors (Lipinski definition) is 2. The van der Waals surface area contributed by atoms with Gasteiger partial charge in [0, 0.05) is 32.0 Å². The van der Waals surface area contributed by atoms with Gasteiger partial charge in [0.1, 0.15) is 5.82 Å². The van der Waals surface area contributed by atoms with E-state index < -0.39 is 21.9 Å². The van der Waals surface area contributed by atoms with Crippen LogP contribution in [-0.2, 0) is 19.5 Å². The summed E-state index contributed by atoms with van der Waals surface area (Å²) in [6, 6.07) is 2.16. The Bertz CT molecular complexity index is 540. The zero-order valence-electron chi connectivity index (χ0n) is 11.6. The number of methoxy groups -OCH3 is 2. The van der Waals surface area contributed by atoms with E-state index in [-0.39, 0.29) is 29.3 Å². The zero-order chi connectivity index (χ0) is 15.3. The highest BCUT2D eigenvalue weighted by molar-refractivity contribution is 7.89. The summed E-state index contributed by atoms with van der Waals surface area (Å²) in [7, 11) is -0.922. The minimum absolute atomic E-state index is 0.0159. The first-order valence-electron chi connectivity index (χ1n) is 5.88. The van der Waals surface area contributed by atoms with Crippen molar-refractivity contribution in [2.75, 3.05) is 33.1 Å². The van der Waals surface area contributed by atoms with E-state index in [4.69, 9.17) is 15.2 Å². The number of hydrogen-bond acceptors (Lipinski definition) is 5. The summed E-state index contributed by atoms with van der Waals surface area (Å²) in [5.74, 6) is -0.662. The monoisotopic (exact) mass is 306 g/mol. The highest BCUT2D eigenvalue weighted by atomic mass is 32.2. The molecule has 0 amide bonds. The van der Waals surface area contributed by atoms with Gasteiger partial charge < -0.3 is 15.2 Å². The van der Waals surface area contributed by atoms with Crippen molar-refractivity contribution in [2.45, 2.75) is 17.9 Å². The van der Waals surface area contributed by atoms with Gasteiger partial charge >= 0.3 is 0 Å². The predicted octanol–water partition coefficient (Wildman–Crippen LogP) is 0.656. The lowest BCUT2D eigenvalue weighted by molar-refractivity contribution is 0.0320. The summed E-state index contributed by atoms with van der Waals surface area (Å²) in [4.78, 5) is -0.217. The van der Waals surface area contributed by atoms with Gasteiger partial charge in [0.15, 0.2) is 0 Å². The number of nitrogen functional groups attached to an aromatic ring is 1. The predicted molar refractivity (Wildman–Crippen MR) is 73.4 cm³/mol. The summed E-state index contributed by atoms with van der Waals surface area (Å²) in [5, 5.41) is 0. The van der Waals surface area contributed by atoms with Gasteiger partial charge in [-0.25, -0.2) is 17.5 Å². The van der Waals surface area contributed by atoms with Gasteiger partial charge in [-0.1, -0.05) is 0 Å². The lowest BCUT2D eigenvalue weighted by Crippen LogP contribution is -2.35. The van der Waals surface area contributed by atoms with Gasteiger partial charge in [0.2, 0.25) is 10.0 Å². The maximum atomic E-state index is 13.5. The van der Waals surface area contributed by atoms with Crippen LogP contribution in [0.15, 0.2) is 17.0 Å². The van der Waals surface area contributed by atoms with E-state index in [0.717, 1.165) is 6.07 Å². The van der Waals surface area contributed by atoms with Gasteiger partial charge in [-0.15, -0.1) is 0 Å². The van der Waals surface area contributed by atoms with E-state index in [0.29, 0.717) is 0 Å². The molecule has 0 aliphatic heterocycles. The standard InChI is InChI=1S/C12H19FN2O4S/c1-8-11(13)4-10(5-12(8)14)20(16,17)15-6-9(19-3)7-18-2/h4-5,9,15H,6-7,14H2,1-3H3. The molecular formula is C12H19FN2O4S. The molecule has 1 rings (SSSR count). The van der Waals surface area contributed by atoms with Crippen molar-refractivity contribution in [1.29, 1.82) is 0 Å². The van der Waals surface area contributed by atoms with Crippen molar-refractivity contribution in [1.82, 2.24) is 4.72 Å². The molecule has 1 aromatic rings. The molecule has 0 aliphatic carbocycles. The average Bonchev–Trinajstić information content (AvgIpc) is 2.40. The molecule has 0 spiro atoms. The Hall–Kier alpha value is -1.22. The molecule has 0 saturated carbocycles. The molecule has 0 aliphatic rings. The third-order valence-electron chi connectivity index (χ3n) is 2.86. The summed E-state index contributed by atoms with van der Waals surface area (Å²) >= 11 is 0. The van der Waals surface area contributed by atoms with Gasteiger partial charge in [0.25, 0.3) is 0 Å². The Morgan fingerprint density at radius 1 is 1.40 bits per heavy atom. The summed E-state index contributed by atoms with van der Waals surface area (Å²) in [6.45, 7) is 1.74. The Labute approximate surface area is 118 Å². The van der Waals surface area contributed by atoms with Gasteiger partial charge in [0.05, 0.1) is 17.6 Å². The van der Waals surface area contributed by atoms with Crippen LogP contribution >= 0.6 is 0 Å². The Morgan fingerprint density at radius 2 is 2.05 bits per heavy atom. The van der Waals surface area contributed by atoms with Crippen LogP contribution in [0.25, 0.3) is 0 Å². The molecule has 114 valence electrons. The van der Waals surface area contributed by atoms with Crippen LogP contribution < -0.4 is 10.5 Å². The average molecular weight is 306 g/mol. The number of anilines is 1. The van der Waals surface area contributed by atoms with Gasteiger partial charge in [-0.2, -0.15) is 0 Å².